The molecule has 2 rings (SSSR count). The van der Waals surface area contributed by atoms with Gasteiger partial charge in [-0.1, -0.05) is 12.1 Å². The van der Waals surface area contributed by atoms with Gasteiger partial charge in [-0.25, -0.2) is 4.39 Å². The molecule has 0 aliphatic heterocycles. The largest absolute Gasteiger partial charge is 0.457 e. The Balaban J connectivity index is 2.18. The lowest BCUT2D eigenvalue weighted by molar-refractivity contribution is 0.199. The molecule has 0 bridgehead atoms. The molecule has 1 atom stereocenters. The molecule has 0 spiro atoms. The Morgan fingerprint density at radius 2 is 1.78 bits per heavy atom. The third kappa shape index (κ3) is 2.87. The Labute approximate surface area is 106 Å². The minimum atomic E-state index is -0.494. The van der Waals surface area contributed by atoms with Gasteiger partial charge in [0.25, 0.3) is 0 Å². The van der Waals surface area contributed by atoms with E-state index >= 15 is 0 Å². The van der Waals surface area contributed by atoms with Crippen molar-refractivity contribution < 1.29 is 14.2 Å². The van der Waals surface area contributed by atoms with Crippen LogP contribution in [-0.4, -0.2) is 5.11 Å². The average molecular weight is 246 g/mol. The van der Waals surface area contributed by atoms with E-state index < -0.39 is 6.10 Å². The van der Waals surface area contributed by atoms with Crippen LogP contribution in [-0.2, 0) is 0 Å². The number of halogens is 1. The second-order valence-electron chi connectivity index (χ2n) is 4.26. The molecule has 0 aromatic heterocycles. The van der Waals surface area contributed by atoms with E-state index in [1.807, 2.05) is 0 Å². The molecule has 0 unspecified atom stereocenters. The molecule has 0 amide bonds. The fourth-order valence-corrected chi connectivity index (χ4v) is 1.67. The molecule has 0 fully saturated rings. The molecule has 2 nitrogen and oxygen atoms in total. The van der Waals surface area contributed by atoms with Gasteiger partial charge in [-0.2, -0.15) is 0 Å². The second kappa shape index (κ2) is 5.19. The molecule has 94 valence electrons. The maximum Gasteiger partial charge on any atom is 0.130 e. The van der Waals surface area contributed by atoms with Crippen LogP contribution in [0.25, 0.3) is 0 Å². The molecular formula is C15H15FO2. The standard InChI is InChI=1S/C15H15FO2/c1-10-9-13(16)5-8-15(10)18-14-6-3-12(4-7-14)11(2)17/h3-9,11,17H,1-2H3/t11-/m1/s1. The molecule has 0 radical (unpaired) electrons. The van der Waals surface area contributed by atoms with Crippen molar-refractivity contribution in [3.8, 4) is 11.5 Å². The number of aliphatic hydroxyl groups excluding tert-OH is 1. The van der Waals surface area contributed by atoms with Gasteiger partial charge in [0.1, 0.15) is 17.3 Å². The van der Waals surface area contributed by atoms with Crippen LogP contribution < -0.4 is 4.74 Å². The predicted octanol–water partition coefficient (Wildman–Crippen LogP) is 3.98. The summed E-state index contributed by atoms with van der Waals surface area (Å²) >= 11 is 0. The van der Waals surface area contributed by atoms with Crippen molar-refractivity contribution in [2.75, 3.05) is 0 Å². The fourth-order valence-electron chi connectivity index (χ4n) is 1.67. The smallest absolute Gasteiger partial charge is 0.130 e. The van der Waals surface area contributed by atoms with E-state index in [1.165, 1.54) is 12.1 Å². The summed E-state index contributed by atoms with van der Waals surface area (Å²) in [5.74, 6) is 1.01. The summed E-state index contributed by atoms with van der Waals surface area (Å²) in [6, 6.07) is 11.6. The molecule has 0 saturated heterocycles. The highest BCUT2D eigenvalue weighted by Crippen LogP contribution is 2.26. The summed E-state index contributed by atoms with van der Waals surface area (Å²) in [4.78, 5) is 0. The van der Waals surface area contributed by atoms with Crippen molar-refractivity contribution in [3.63, 3.8) is 0 Å². The Bertz CT molecular complexity index is 533. The van der Waals surface area contributed by atoms with Crippen molar-refractivity contribution in [2.45, 2.75) is 20.0 Å². The first-order valence-corrected chi connectivity index (χ1v) is 5.78. The van der Waals surface area contributed by atoms with Crippen LogP contribution in [0, 0.1) is 12.7 Å². The summed E-state index contributed by atoms with van der Waals surface area (Å²) in [5.41, 5.74) is 1.58. The lowest BCUT2D eigenvalue weighted by atomic mass is 10.1. The van der Waals surface area contributed by atoms with Gasteiger partial charge in [-0.15, -0.1) is 0 Å². The van der Waals surface area contributed by atoms with Gasteiger partial charge in [0, 0.05) is 0 Å². The van der Waals surface area contributed by atoms with Gasteiger partial charge >= 0.3 is 0 Å². The van der Waals surface area contributed by atoms with Gasteiger partial charge in [-0.05, 0) is 55.3 Å². The molecule has 0 heterocycles. The fraction of sp³-hybridized carbons (Fsp3) is 0.200. The van der Waals surface area contributed by atoms with Crippen LogP contribution >= 0.6 is 0 Å². The van der Waals surface area contributed by atoms with Gasteiger partial charge in [0.15, 0.2) is 0 Å². The molecule has 0 aliphatic rings. The monoisotopic (exact) mass is 246 g/mol. The van der Waals surface area contributed by atoms with Crippen LogP contribution in [0.1, 0.15) is 24.2 Å². The van der Waals surface area contributed by atoms with Gasteiger partial charge in [0.2, 0.25) is 0 Å². The normalized spacial score (nSPS) is 12.2. The van der Waals surface area contributed by atoms with Crippen LogP contribution in [0.3, 0.4) is 0 Å². The van der Waals surface area contributed by atoms with Crippen LogP contribution in [0.4, 0.5) is 4.39 Å². The summed E-state index contributed by atoms with van der Waals surface area (Å²) < 4.78 is 18.6. The number of hydrogen-bond donors (Lipinski definition) is 1. The predicted molar refractivity (Wildman–Crippen MR) is 68.3 cm³/mol. The Morgan fingerprint density at radius 1 is 1.11 bits per heavy atom. The maximum absolute atomic E-state index is 12.9. The zero-order valence-corrected chi connectivity index (χ0v) is 10.4. The molecular weight excluding hydrogens is 231 g/mol. The number of aliphatic hydroxyl groups is 1. The van der Waals surface area contributed by atoms with Gasteiger partial charge < -0.3 is 9.84 Å². The SMILES string of the molecule is Cc1cc(F)ccc1Oc1ccc([C@@H](C)O)cc1. The summed E-state index contributed by atoms with van der Waals surface area (Å²) in [5, 5.41) is 9.40. The number of ether oxygens (including phenoxy) is 1. The number of hydrogen-bond acceptors (Lipinski definition) is 2. The molecule has 2 aromatic rings. The lowest BCUT2D eigenvalue weighted by Gasteiger charge is -2.10. The van der Waals surface area contributed by atoms with Crippen molar-refractivity contribution in [3.05, 3.63) is 59.4 Å². The maximum atomic E-state index is 12.9. The van der Waals surface area contributed by atoms with Gasteiger partial charge in [0.05, 0.1) is 6.10 Å². The molecule has 2 aromatic carbocycles. The number of benzene rings is 2. The molecule has 1 N–H and O–H groups in total. The zero-order chi connectivity index (χ0) is 13.1. The topological polar surface area (TPSA) is 29.5 Å². The van der Waals surface area contributed by atoms with E-state index in [0.717, 1.165) is 11.1 Å². The quantitative estimate of drug-likeness (QED) is 0.887. The molecule has 0 aliphatic carbocycles. The van der Waals surface area contributed by atoms with Crippen molar-refractivity contribution >= 4 is 0 Å². The minimum Gasteiger partial charge on any atom is -0.457 e. The van der Waals surface area contributed by atoms with Crippen LogP contribution in [0.15, 0.2) is 42.5 Å². The van der Waals surface area contributed by atoms with Crippen LogP contribution in [0.2, 0.25) is 0 Å². The average Bonchev–Trinajstić information content (AvgIpc) is 2.33. The lowest BCUT2D eigenvalue weighted by Crippen LogP contribution is -1.92. The van der Waals surface area contributed by atoms with E-state index in [2.05, 4.69) is 0 Å². The summed E-state index contributed by atoms with van der Waals surface area (Å²) in [6.45, 7) is 3.50. The molecule has 3 heteroatoms. The van der Waals surface area contributed by atoms with Crippen molar-refractivity contribution in [1.82, 2.24) is 0 Å². The highest BCUT2D eigenvalue weighted by atomic mass is 19.1. The Hall–Kier alpha value is -1.87. The minimum absolute atomic E-state index is 0.274. The summed E-state index contributed by atoms with van der Waals surface area (Å²) in [6.07, 6.45) is -0.494. The Morgan fingerprint density at radius 3 is 2.33 bits per heavy atom. The van der Waals surface area contributed by atoms with E-state index in [1.54, 1.807) is 44.2 Å². The molecule has 0 saturated carbocycles. The highest BCUT2D eigenvalue weighted by molar-refractivity contribution is 5.38. The van der Waals surface area contributed by atoms with E-state index in [0.29, 0.717) is 11.5 Å². The first kappa shape index (κ1) is 12.6. The first-order valence-electron chi connectivity index (χ1n) is 5.78. The first-order chi connectivity index (χ1) is 8.56. The van der Waals surface area contributed by atoms with E-state index in [-0.39, 0.29) is 5.82 Å². The van der Waals surface area contributed by atoms with Crippen molar-refractivity contribution in [2.24, 2.45) is 0 Å². The third-order valence-electron chi connectivity index (χ3n) is 2.73. The third-order valence-corrected chi connectivity index (χ3v) is 2.73. The number of rotatable bonds is 3. The van der Waals surface area contributed by atoms with E-state index in [4.69, 9.17) is 4.74 Å². The number of aryl methyl sites for hydroxylation is 1. The molecule has 18 heavy (non-hydrogen) atoms. The zero-order valence-electron chi connectivity index (χ0n) is 10.4. The van der Waals surface area contributed by atoms with Gasteiger partial charge in [-0.3, -0.25) is 0 Å². The second-order valence-corrected chi connectivity index (χ2v) is 4.26. The summed E-state index contributed by atoms with van der Waals surface area (Å²) in [7, 11) is 0. The van der Waals surface area contributed by atoms with Crippen molar-refractivity contribution in [1.29, 1.82) is 0 Å². The van der Waals surface area contributed by atoms with Crippen LogP contribution in [0.5, 0.6) is 11.5 Å². The highest BCUT2D eigenvalue weighted by Gasteiger charge is 2.04. The van der Waals surface area contributed by atoms with E-state index in [9.17, 15) is 9.50 Å². The Kier molecular flexibility index (Phi) is 3.63.